The highest BCUT2D eigenvalue weighted by Gasteiger charge is 2.33. The summed E-state index contributed by atoms with van der Waals surface area (Å²) in [6.45, 7) is 6.98. The number of para-hydroxylation sites is 1. The molecule has 0 radical (unpaired) electrons. The van der Waals surface area contributed by atoms with E-state index in [1.807, 2.05) is 11.8 Å². The first kappa shape index (κ1) is 29.3. The number of ether oxygens (including phenoxy) is 1. The van der Waals surface area contributed by atoms with Crippen LogP contribution in [0.5, 0.6) is 0 Å². The van der Waals surface area contributed by atoms with Gasteiger partial charge in [0.25, 0.3) is 0 Å². The van der Waals surface area contributed by atoms with Gasteiger partial charge in [0, 0.05) is 44.0 Å². The topological polar surface area (TPSA) is 167 Å². The molecule has 1 aromatic carbocycles. The average Bonchev–Trinajstić information content (AvgIpc) is 2.95. The molecule has 6 rings (SSSR count). The highest BCUT2D eigenvalue weighted by atomic mass is 32.2. The zero-order chi connectivity index (χ0) is 31.3. The lowest BCUT2D eigenvalue weighted by Crippen LogP contribution is -2.54. The molecule has 4 aromatic rings. The minimum atomic E-state index is -3.87. The molecule has 5 heterocycles. The van der Waals surface area contributed by atoms with E-state index in [2.05, 4.69) is 26.5 Å². The minimum Gasteiger partial charge on any atom is -0.383 e. The number of carbonyl (C=O) groups excluding carboxylic acids is 1. The fraction of sp³-hybridized carbons (Fsp3) is 0.310. The average molecular weight is 621 g/mol. The molecule has 2 aliphatic rings. The minimum absolute atomic E-state index is 0.0330. The number of fused-ring (bicyclic) bond motifs is 1. The van der Waals surface area contributed by atoms with Crippen molar-refractivity contribution in [2.75, 3.05) is 49.7 Å². The summed E-state index contributed by atoms with van der Waals surface area (Å²) in [5.74, 6) is -1.07. The zero-order valence-electron chi connectivity index (χ0n) is 24.0. The Hall–Kier alpha value is -4.76. The molecule has 2 saturated heterocycles. The summed E-state index contributed by atoms with van der Waals surface area (Å²) in [4.78, 5) is 46.6. The molecule has 0 aliphatic carbocycles. The molecule has 228 valence electrons. The smallest absolute Gasteiger partial charge is 0.355 e. The van der Waals surface area contributed by atoms with Crippen molar-refractivity contribution in [1.82, 2.24) is 29.4 Å². The molecule has 0 unspecified atom stereocenters. The van der Waals surface area contributed by atoms with Gasteiger partial charge in [0.2, 0.25) is 5.91 Å². The van der Waals surface area contributed by atoms with Gasteiger partial charge in [-0.2, -0.15) is 4.98 Å². The first-order valence-electron chi connectivity index (χ1n) is 13.8. The third-order valence-corrected chi connectivity index (χ3v) is 9.05. The number of carbonyl (C=O) groups is 1. The number of pyridine rings is 1. The first-order chi connectivity index (χ1) is 21.0. The number of halogens is 1. The highest BCUT2D eigenvalue weighted by Crippen LogP contribution is 2.37. The van der Waals surface area contributed by atoms with E-state index in [4.69, 9.17) is 10.5 Å². The van der Waals surface area contributed by atoms with Gasteiger partial charge in [-0.1, -0.05) is 18.7 Å². The quantitative estimate of drug-likeness (QED) is 0.312. The number of sulfone groups is 1. The van der Waals surface area contributed by atoms with Crippen LogP contribution < -0.4 is 16.3 Å². The molecule has 3 aromatic heterocycles. The summed E-state index contributed by atoms with van der Waals surface area (Å²) < 4.78 is 48.6. The maximum atomic E-state index is 15.9. The Morgan fingerprint density at radius 2 is 2.00 bits per heavy atom. The second-order valence-corrected chi connectivity index (χ2v) is 12.8. The van der Waals surface area contributed by atoms with Gasteiger partial charge in [-0.25, -0.2) is 37.1 Å². The summed E-state index contributed by atoms with van der Waals surface area (Å²) in [5.41, 5.74) is 5.71. The predicted octanol–water partition coefficient (Wildman–Crippen LogP) is 1.70. The van der Waals surface area contributed by atoms with E-state index in [0.29, 0.717) is 38.4 Å². The predicted molar refractivity (Wildman–Crippen MR) is 161 cm³/mol. The maximum Gasteiger partial charge on any atom is 0.355 e. The number of benzene rings is 1. The van der Waals surface area contributed by atoms with Gasteiger partial charge in [-0.15, -0.1) is 0 Å². The summed E-state index contributed by atoms with van der Waals surface area (Å²) in [7, 11) is -3.87. The van der Waals surface area contributed by atoms with Crippen LogP contribution >= 0.6 is 0 Å². The molecule has 2 N–H and O–H groups in total. The van der Waals surface area contributed by atoms with E-state index in [0.717, 1.165) is 10.8 Å². The Kier molecular flexibility index (Phi) is 7.37. The van der Waals surface area contributed by atoms with Crippen LogP contribution in [0.4, 0.5) is 16.0 Å². The number of hydrogen-bond donors (Lipinski definition) is 1. The first-order valence-corrected chi connectivity index (χ1v) is 15.7. The largest absolute Gasteiger partial charge is 0.383 e. The lowest BCUT2D eigenvalue weighted by molar-refractivity contribution is -0.126. The van der Waals surface area contributed by atoms with E-state index in [9.17, 15) is 18.0 Å². The molecule has 0 saturated carbocycles. The second-order valence-electron chi connectivity index (χ2n) is 10.8. The number of rotatable bonds is 6. The van der Waals surface area contributed by atoms with Crippen LogP contribution in [-0.4, -0.2) is 88.9 Å². The molecule has 0 spiro atoms. The number of nitrogens with two attached hydrogens (primary N) is 1. The lowest BCUT2D eigenvalue weighted by Gasteiger charge is -2.40. The lowest BCUT2D eigenvalue weighted by atomic mass is 9.95. The van der Waals surface area contributed by atoms with E-state index >= 15 is 4.39 Å². The van der Waals surface area contributed by atoms with Gasteiger partial charge in [0.15, 0.2) is 21.3 Å². The third kappa shape index (κ3) is 4.97. The third-order valence-electron chi connectivity index (χ3n) is 7.92. The maximum absolute atomic E-state index is 15.9. The zero-order valence-corrected chi connectivity index (χ0v) is 24.8. The van der Waals surface area contributed by atoms with Crippen molar-refractivity contribution in [3.8, 4) is 16.9 Å². The molecule has 15 heteroatoms. The van der Waals surface area contributed by atoms with Gasteiger partial charge in [0.05, 0.1) is 34.7 Å². The molecule has 0 bridgehead atoms. The van der Waals surface area contributed by atoms with E-state index < -0.39 is 21.3 Å². The molecule has 1 amide bonds. The van der Waals surface area contributed by atoms with Crippen molar-refractivity contribution < 1.29 is 22.3 Å². The van der Waals surface area contributed by atoms with Crippen LogP contribution in [0.25, 0.3) is 28.0 Å². The second kappa shape index (κ2) is 11.1. The monoisotopic (exact) mass is 620 g/mol. The Balaban J connectivity index is 1.67. The Morgan fingerprint density at radius 3 is 2.64 bits per heavy atom. The van der Waals surface area contributed by atoms with Crippen molar-refractivity contribution >= 4 is 38.4 Å². The van der Waals surface area contributed by atoms with Crippen LogP contribution in [-0.2, 0) is 19.4 Å². The number of hydrogen-bond acceptors (Lipinski definition) is 11. The van der Waals surface area contributed by atoms with Crippen LogP contribution in [0.15, 0.2) is 59.1 Å². The van der Waals surface area contributed by atoms with Crippen molar-refractivity contribution in [3.05, 3.63) is 71.3 Å². The van der Waals surface area contributed by atoms with Gasteiger partial charge in [-0.3, -0.25) is 4.79 Å². The van der Waals surface area contributed by atoms with Gasteiger partial charge in [-0.05, 0) is 30.7 Å². The van der Waals surface area contributed by atoms with Crippen molar-refractivity contribution in [3.63, 3.8) is 0 Å². The highest BCUT2D eigenvalue weighted by molar-refractivity contribution is 7.90. The van der Waals surface area contributed by atoms with Gasteiger partial charge >= 0.3 is 5.69 Å². The molecule has 44 heavy (non-hydrogen) atoms. The van der Waals surface area contributed by atoms with Crippen molar-refractivity contribution in [2.45, 2.75) is 23.8 Å². The van der Waals surface area contributed by atoms with Crippen LogP contribution in [0.2, 0.25) is 0 Å². The Morgan fingerprint density at radius 1 is 1.23 bits per heavy atom. The van der Waals surface area contributed by atoms with Crippen LogP contribution in [0.3, 0.4) is 0 Å². The van der Waals surface area contributed by atoms with E-state index in [-0.39, 0.29) is 62.4 Å². The van der Waals surface area contributed by atoms with E-state index in [1.165, 1.54) is 30.7 Å². The molecule has 2 fully saturated rings. The summed E-state index contributed by atoms with van der Waals surface area (Å²) >= 11 is 0. The SMILES string of the molecule is C=CC(=O)N1CCN(c2nc(=O)n(-c3c(C4COC4)cccc3S(C)(=O)=O)c3nc(-c4cncnc4N)c(F)cc23)[C@@H](C)C1. The number of nitrogens with zero attached hydrogens (tertiary/aromatic N) is 7. The van der Waals surface area contributed by atoms with Crippen LogP contribution in [0.1, 0.15) is 18.4 Å². The molecular weight excluding hydrogens is 591 g/mol. The van der Waals surface area contributed by atoms with Gasteiger partial charge in [0.1, 0.15) is 23.7 Å². The fourth-order valence-corrected chi connectivity index (χ4v) is 6.55. The fourth-order valence-electron chi connectivity index (χ4n) is 5.66. The van der Waals surface area contributed by atoms with Crippen molar-refractivity contribution in [1.29, 1.82) is 0 Å². The number of piperazine rings is 1. The molecule has 13 nitrogen and oxygen atoms in total. The standard InChI is InChI=1S/C29H29FN8O5S/c1-4-23(39)36-8-9-37(16(2)12-36)27-19-10-21(30)24(20-11-32-15-33-26(20)31)34-28(19)38(29(40)35-27)25-18(17-13-43-14-17)6-5-7-22(25)44(3,41)42/h4-7,10-11,15-17H,1,8-9,12-14H2,2-3H3,(H2,31,32,33)/t16-/m0/s1. The van der Waals surface area contributed by atoms with Gasteiger partial charge < -0.3 is 20.3 Å². The number of nitrogen functional groups attached to an aromatic ring is 1. The Labute approximate surface area is 251 Å². The number of aromatic nitrogens is 5. The molecular formula is C29H29FN8O5S. The van der Waals surface area contributed by atoms with Crippen molar-refractivity contribution in [2.24, 2.45) is 0 Å². The summed E-state index contributed by atoms with van der Waals surface area (Å²) in [6, 6.07) is 5.63. The normalized spacial score (nSPS) is 17.5. The summed E-state index contributed by atoms with van der Waals surface area (Å²) in [6.07, 6.45) is 4.81. The van der Waals surface area contributed by atoms with Crippen LogP contribution in [0, 0.1) is 5.82 Å². The summed E-state index contributed by atoms with van der Waals surface area (Å²) in [5, 5.41) is 0.163. The molecule has 1 atom stereocenters. The Bertz CT molecular complexity index is 2000. The number of amides is 1. The number of anilines is 2. The molecule has 2 aliphatic heterocycles. The van der Waals surface area contributed by atoms with E-state index in [1.54, 1.807) is 17.0 Å².